The molecule has 0 aromatic rings. The first-order chi connectivity index (χ1) is 6.57. The van der Waals surface area contributed by atoms with E-state index in [1.54, 1.807) is 0 Å². The topological polar surface area (TPSA) is 46.2 Å². The Bertz CT molecular complexity index is 295. The fourth-order valence-electron chi connectivity index (χ4n) is 2.37. The molecule has 0 bridgehead atoms. The van der Waals surface area contributed by atoms with E-state index in [-0.39, 0.29) is 6.04 Å². The van der Waals surface area contributed by atoms with E-state index >= 15 is 0 Å². The van der Waals surface area contributed by atoms with E-state index < -0.39 is 9.84 Å². The largest absolute Gasteiger partial charge is 0.310 e. The molecule has 1 heterocycles. The van der Waals surface area contributed by atoms with Gasteiger partial charge in [0.1, 0.15) is 0 Å². The van der Waals surface area contributed by atoms with Crippen molar-refractivity contribution in [3.63, 3.8) is 0 Å². The molecule has 0 aromatic carbocycles. The van der Waals surface area contributed by atoms with Gasteiger partial charge < -0.3 is 5.32 Å². The van der Waals surface area contributed by atoms with Gasteiger partial charge in [-0.05, 0) is 32.1 Å². The third kappa shape index (κ3) is 2.28. The average molecular weight is 217 g/mol. The minimum Gasteiger partial charge on any atom is -0.310 e. The summed E-state index contributed by atoms with van der Waals surface area (Å²) in [5.41, 5.74) is 0. The molecule has 0 amide bonds. The van der Waals surface area contributed by atoms with Gasteiger partial charge in [-0.25, -0.2) is 8.42 Å². The molecule has 2 fully saturated rings. The smallest absolute Gasteiger partial charge is 0.151 e. The Morgan fingerprint density at radius 2 is 2.00 bits per heavy atom. The molecule has 4 heteroatoms. The Morgan fingerprint density at radius 3 is 2.43 bits per heavy atom. The first-order valence-electron chi connectivity index (χ1n) is 5.53. The number of nitrogens with one attached hydrogen (secondary N) is 1. The zero-order valence-corrected chi connectivity index (χ0v) is 9.52. The van der Waals surface area contributed by atoms with Crippen molar-refractivity contribution >= 4 is 9.84 Å². The van der Waals surface area contributed by atoms with Gasteiger partial charge in [-0.3, -0.25) is 0 Å². The van der Waals surface area contributed by atoms with E-state index in [4.69, 9.17) is 0 Å². The number of hydrogen-bond donors (Lipinski definition) is 1. The van der Waals surface area contributed by atoms with Crippen molar-refractivity contribution in [1.29, 1.82) is 0 Å². The Hall–Kier alpha value is -0.0900. The molecule has 1 N–H and O–H groups in total. The quantitative estimate of drug-likeness (QED) is 0.765. The van der Waals surface area contributed by atoms with Crippen LogP contribution >= 0.6 is 0 Å². The molecule has 0 aromatic heterocycles. The van der Waals surface area contributed by atoms with Crippen molar-refractivity contribution in [1.82, 2.24) is 5.32 Å². The number of rotatable bonds is 3. The van der Waals surface area contributed by atoms with Crippen LogP contribution in [0.1, 0.15) is 32.6 Å². The summed E-state index contributed by atoms with van der Waals surface area (Å²) in [6.07, 6.45) is 4.78. The normalized spacial score (nSPS) is 33.9. The Balaban J connectivity index is 1.80. The summed E-state index contributed by atoms with van der Waals surface area (Å²) in [6.45, 7) is 2.19. The van der Waals surface area contributed by atoms with E-state index in [9.17, 15) is 8.42 Å². The van der Waals surface area contributed by atoms with Crippen LogP contribution in [0, 0.1) is 5.92 Å². The van der Waals surface area contributed by atoms with Crippen LogP contribution in [0.25, 0.3) is 0 Å². The molecule has 2 atom stereocenters. The van der Waals surface area contributed by atoms with Crippen LogP contribution < -0.4 is 5.32 Å². The Morgan fingerprint density at radius 1 is 1.29 bits per heavy atom. The standard InChI is InChI=1S/C10H19NO2S/c1-8(9-3-2-4-9)11-10-5-6-14(12,13)7-10/h8-11H,2-7H2,1H3. The molecule has 14 heavy (non-hydrogen) atoms. The number of hydrogen-bond acceptors (Lipinski definition) is 3. The molecule has 0 spiro atoms. The molecular formula is C10H19NO2S. The maximum atomic E-state index is 11.2. The molecule has 2 aliphatic rings. The zero-order chi connectivity index (χ0) is 10.2. The van der Waals surface area contributed by atoms with Crippen molar-refractivity contribution < 1.29 is 8.42 Å². The van der Waals surface area contributed by atoms with Crippen LogP contribution in [0.2, 0.25) is 0 Å². The van der Waals surface area contributed by atoms with E-state index in [0.29, 0.717) is 17.5 Å². The molecule has 1 saturated heterocycles. The van der Waals surface area contributed by atoms with Gasteiger partial charge >= 0.3 is 0 Å². The molecule has 82 valence electrons. The molecule has 3 nitrogen and oxygen atoms in total. The van der Waals surface area contributed by atoms with Gasteiger partial charge in [-0.2, -0.15) is 0 Å². The van der Waals surface area contributed by atoms with Crippen LogP contribution in [0.3, 0.4) is 0 Å². The van der Waals surface area contributed by atoms with Gasteiger partial charge in [0.25, 0.3) is 0 Å². The van der Waals surface area contributed by atoms with Crippen molar-refractivity contribution in [2.75, 3.05) is 11.5 Å². The van der Waals surface area contributed by atoms with Crippen LogP contribution in [0.5, 0.6) is 0 Å². The third-order valence-corrected chi connectivity index (χ3v) is 5.36. The summed E-state index contributed by atoms with van der Waals surface area (Å²) >= 11 is 0. The van der Waals surface area contributed by atoms with Gasteiger partial charge in [-0.15, -0.1) is 0 Å². The van der Waals surface area contributed by atoms with Crippen LogP contribution in [0.15, 0.2) is 0 Å². The SMILES string of the molecule is CC(NC1CCS(=O)(=O)C1)C1CCC1. The highest BCUT2D eigenvalue weighted by molar-refractivity contribution is 7.91. The van der Waals surface area contributed by atoms with E-state index in [1.807, 2.05) is 0 Å². The molecule has 2 unspecified atom stereocenters. The third-order valence-electron chi connectivity index (χ3n) is 3.59. The van der Waals surface area contributed by atoms with E-state index in [2.05, 4.69) is 12.2 Å². The van der Waals surface area contributed by atoms with E-state index in [1.165, 1.54) is 19.3 Å². The van der Waals surface area contributed by atoms with Gasteiger partial charge in [-0.1, -0.05) is 6.42 Å². The summed E-state index contributed by atoms with van der Waals surface area (Å²) in [4.78, 5) is 0. The van der Waals surface area contributed by atoms with Gasteiger partial charge in [0.15, 0.2) is 9.84 Å². The molecule has 2 rings (SSSR count). The van der Waals surface area contributed by atoms with Crippen molar-refractivity contribution in [2.45, 2.75) is 44.7 Å². The van der Waals surface area contributed by atoms with Gasteiger partial charge in [0.05, 0.1) is 11.5 Å². The van der Waals surface area contributed by atoms with Crippen molar-refractivity contribution in [3.8, 4) is 0 Å². The Kier molecular flexibility index (Phi) is 2.84. The lowest BCUT2D eigenvalue weighted by atomic mass is 9.80. The summed E-state index contributed by atoms with van der Waals surface area (Å²) in [5, 5.41) is 3.46. The second kappa shape index (κ2) is 3.81. The summed E-state index contributed by atoms with van der Waals surface area (Å²) < 4.78 is 22.5. The summed E-state index contributed by atoms with van der Waals surface area (Å²) in [6, 6.07) is 0.720. The number of sulfone groups is 1. The second-order valence-electron chi connectivity index (χ2n) is 4.75. The lowest BCUT2D eigenvalue weighted by Gasteiger charge is -2.33. The predicted octanol–water partition coefficient (Wildman–Crippen LogP) is 0.952. The lowest BCUT2D eigenvalue weighted by Crippen LogP contribution is -2.43. The summed E-state index contributed by atoms with van der Waals surface area (Å²) in [7, 11) is -2.72. The van der Waals surface area contributed by atoms with E-state index in [0.717, 1.165) is 12.3 Å². The van der Waals surface area contributed by atoms with Crippen molar-refractivity contribution in [2.24, 2.45) is 5.92 Å². The summed E-state index contributed by atoms with van der Waals surface area (Å²) in [5.74, 6) is 1.52. The lowest BCUT2D eigenvalue weighted by molar-refractivity contribution is 0.230. The fraction of sp³-hybridized carbons (Fsp3) is 1.00. The van der Waals surface area contributed by atoms with Gasteiger partial charge in [0, 0.05) is 12.1 Å². The molecule has 1 aliphatic heterocycles. The highest BCUT2D eigenvalue weighted by Crippen LogP contribution is 2.30. The molecular weight excluding hydrogens is 198 g/mol. The van der Waals surface area contributed by atoms with Gasteiger partial charge in [0.2, 0.25) is 0 Å². The minimum absolute atomic E-state index is 0.218. The first kappa shape index (κ1) is 10.4. The minimum atomic E-state index is -2.72. The first-order valence-corrected chi connectivity index (χ1v) is 7.35. The maximum absolute atomic E-state index is 11.2. The zero-order valence-electron chi connectivity index (χ0n) is 8.70. The highest BCUT2D eigenvalue weighted by Gasteiger charge is 2.31. The molecule has 1 aliphatic carbocycles. The fourth-order valence-corrected chi connectivity index (χ4v) is 4.06. The van der Waals surface area contributed by atoms with Crippen molar-refractivity contribution in [3.05, 3.63) is 0 Å². The molecule has 1 saturated carbocycles. The van der Waals surface area contributed by atoms with Crippen LogP contribution in [0.4, 0.5) is 0 Å². The monoisotopic (exact) mass is 217 g/mol. The average Bonchev–Trinajstić information content (AvgIpc) is 2.25. The second-order valence-corrected chi connectivity index (χ2v) is 6.98. The Labute approximate surface area is 86.2 Å². The van der Waals surface area contributed by atoms with Crippen LogP contribution in [-0.4, -0.2) is 32.0 Å². The predicted molar refractivity (Wildman–Crippen MR) is 57.0 cm³/mol. The van der Waals surface area contributed by atoms with Crippen LogP contribution in [-0.2, 0) is 9.84 Å². The molecule has 0 radical (unpaired) electrons. The highest BCUT2D eigenvalue weighted by atomic mass is 32.2. The maximum Gasteiger partial charge on any atom is 0.151 e.